The molecule has 4 rings (SSSR count). The van der Waals surface area contributed by atoms with Gasteiger partial charge in [0.15, 0.2) is 5.78 Å². The maximum atomic E-state index is 12.9. The summed E-state index contributed by atoms with van der Waals surface area (Å²) in [7, 11) is -1.29. The first kappa shape index (κ1) is 26.6. The molecular weight excluding hydrogens is 479 g/mol. The van der Waals surface area contributed by atoms with Crippen molar-refractivity contribution in [3.8, 4) is 5.75 Å². The fourth-order valence-corrected chi connectivity index (χ4v) is 4.14. The predicted octanol–water partition coefficient (Wildman–Crippen LogP) is 2.68. The highest BCUT2D eigenvalue weighted by Crippen LogP contribution is 2.37. The molecule has 1 fully saturated rings. The van der Waals surface area contributed by atoms with Crippen LogP contribution in [0, 0.1) is 5.41 Å². The van der Waals surface area contributed by atoms with E-state index in [9.17, 15) is 19.4 Å². The molecule has 0 spiro atoms. The van der Waals surface area contributed by atoms with Gasteiger partial charge < -0.3 is 28.8 Å². The number of esters is 2. The zero-order valence-corrected chi connectivity index (χ0v) is 21.3. The molecule has 0 saturated carbocycles. The molecule has 11 heteroatoms. The second-order valence-corrected chi connectivity index (χ2v) is 10.1. The van der Waals surface area contributed by atoms with Crippen LogP contribution < -0.4 is 9.55 Å². The van der Waals surface area contributed by atoms with Crippen LogP contribution in [-0.2, 0) is 25.4 Å². The third kappa shape index (κ3) is 6.47. The SMILES string of the molecule is CC(C)(C)C(=O)OCOC(=O)c1cccc2c1OB(O)[C@@H](CC(=O)c1ccc(N3CCOCC3)nc1)C2. The van der Waals surface area contributed by atoms with Crippen LogP contribution in [-0.4, -0.2) is 67.9 Å². The summed E-state index contributed by atoms with van der Waals surface area (Å²) in [6.45, 7) is 7.35. The third-order valence-corrected chi connectivity index (χ3v) is 6.29. The molecule has 1 atom stereocenters. The summed E-state index contributed by atoms with van der Waals surface area (Å²) in [5.74, 6) is -0.914. The largest absolute Gasteiger partial charge is 0.535 e. The molecule has 0 bridgehead atoms. The second kappa shape index (κ2) is 11.3. The lowest BCUT2D eigenvalue weighted by Gasteiger charge is -2.28. The Labute approximate surface area is 216 Å². The van der Waals surface area contributed by atoms with Crippen LogP contribution in [0.4, 0.5) is 5.82 Å². The van der Waals surface area contributed by atoms with E-state index in [1.54, 1.807) is 45.2 Å². The first-order chi connectivity index (χ1) is 17.6. The van der Waals surface area contributed by atoms with Crippen molar-refractivity contribution in [2.24, 2.45) is 5.41 Å². The van der Waals surface area contributed by atoms with Crippen LogP contribution in [0.2, 0.25) is 5.82 Å². The zero-order chi connectivity index (χ0) is 26.6. The molecule has 0 aliphatic carbocycles. The van der Waals surface area contributed by atoms with E-state index in [1.807, 2.05) is 6.07 Å². The molecule has 1 aromatic carbocycles. The summed E-state index contributed by atoms with van der Waals surface area (Å²) in [5.41, 5.74) is 0.511. The lowest BCUT2D eigenvalue weighted by Crippen LogP contribution is -2.37. The lowest BCUT2D eigenvalue weighted by atomic mass is 9.64. The number of pyridine rings is 1. The first-order valence-corrected chi connectivity index (χ1v) is 12.3. The van der Waals surface area contributed by atoms with Gasteiger partial charge in [0, 0.05) is 37.1 Å². The van der Waals surface area contributed by atoms with Crippen LogP contribution in [0.1, 0.15) is 53.5 Å². The zero-order valence-electron chi connectivity index (χ0n) is 21.3. The number of hydrogen-bond acceptors (Lipinski definition) is 10. The van der Waals surface area contributed by atoms with Gasteiger partial charge in [0.1, 0.15) is 17.1 Å². The number of carbonyl (C=O) groups is 3. The van der Waals surface area contributed by atoms with Crippen LogP contribution in [0.25, 0.3) is 0 Å². The average molecular weight is 510 g/mol. The number of Topliss-reactive ketones (excluding diaryl/α,β-unsaturated/α-hetero) is 1. The minimum Gasteiger partial charge on any atom is -0.535 e. The minimum atomic E-state index is -1.29. The molecule has 1 N–H and O–H groups in total. The number of nitrogens with zero attached hydrogens (tertiary/aromatic N) is 2. The Kier molecular flexibility index (Phi) is 8.14. The maximum absolute atomic E-state index is 12.9. The molecule has 1 aromatic heterocycles. The highest BCUT2D eigenvalue weighted by atomic mass is 16.7. The van der Waals surface area contributed by atoms with E-state index in [4.69, 9.17) is 18.9 Å². The Morgan fingerprint density at radius 2 is 1.89 bits per heavy atom. The maximum Gasteiger partial charge on any atom is 0.526 e. The van der Waals surface area contributed by atoms with Gasteiger partial charge in [-0.2, -0.15) is 0 Å². The number of rotatable bonds is 7. The topological polar surface area (TPSA) is 124 Å². The minimum absolute atomic E-state index is 0.0522. The number of ether oxygens (including phenoxy) is 3. The molecule has 0 unspecified atom stereocenters. The number of benzene rings is 1. The van der Waals surface area contributed by atoms with E-state index in [1.165, 1.54) is 6.07 Å². The Balaban J connectivity index is 1.37. The number of fused-ring (bicyclic) bond motifs is 1. The van der Waals surface area contributed by atoms with E-state index in [-0.39, 0.29) is 23.5 Å². The summed E-state index contributed by atoms with van der Waals surface area (Å²) >= 11 is 0. The summed E-state index contributed by atoms with van der Waals surface area (Å²) in [6.07, 6.45) is 1.94. The van der Waals surface area contributed by atoms with Crippen molar-refractivity contribution in [1.29, 1.82) is 0 Å². The summed E-state index contributed by atoms with van der Waals surface area (Å²) < 4.78 is 21.1. The van der Waals surface area contributed by atoms with Gasteiger partial charge in [0.2, 0.25) is 6.79 Å². The Morgan fingerprint density at radius 3 is 2.57 bits per heavy atom. The van der Waals surface area contributed by atoms with E-state index < -0.39 is 37.1 Å². The normalized spacial score (nSPS) is 17.5. The van der Waals surface area contributed by atoms with Gasteiger partial charge in [-0.05, 0) is 51.0 Å². The van der Waals surface area contributed by atoms with Crippen molar-refractivity contribution in [3.63, 3.8) is 0 Å². The van der Waals surface area contributed by atoms with Gasteiger partial charge in [0.05, 0.1) is 18.6 Å². The van der Waals surface area contributed by atoms with Crippen LogP contribution in [0.5, 0.6) is 5.75 Å². The summed E-state index contributed by atoms with van der Waals surface area (Å²) in [6, 6.07) is 8.51. The lowest BCUT2D eigenvalue weighted by molar-refractivity contribution is -0.161. The Bertz CT molecular complexity index is 1140. The van der Waals surface area contributed by atoms with Crippen molar-refractivity contribution in [1.82, 2.24) is 4.98 Å². The highest BCUT2D eigenvalue weighted by molar-refractivity contribution is 6.47. The van der Waals surface area contributed by atoms with Gasteiger partial charge in [0.25, 0.3) is 0 Å². The van der Waals surface area contributed by atoms with Crippen molar-refractivity contribution < 1.29 is 38.3 Å². The first-order valence-electron chi connectivity index (χ1n) is 12.3. The van der Waals surface area contributed by atoms with E-state index in [2.05, 4.69) is 9.88 Å². The molecule has 0 amide bonds. The van der Waals surface area contributed by atoms with Gasteiger partial charge in [-0.1, -0.05) is 12.1 Å². The molecule has 3 heterocycles. The number of anilines is 1. The average Bonchev–Trinajstić information content (AvgIpc) is 2.88. The smallest absolute Gasteiger partial charge is 0.526 e. The van der Waals surface area contributed by atoms with Crippen molar-refractivity contribution in [3.05, 3.63) is 53.2 Å². The number of hydrogen-bond donors (Lipinski definition) is 1. The quantitative estimate of drug-likeness (QED) is 0.257. The molecule has 1 saturated heterocycles. The van der Waals surface area contributed by atoms with Crippen LogP contribution in [0.15, 0.2) is 36.5 Å². The van der Waals surface area contributed by atoms with Crippen LogP contribution >= 0.6 is 0 Å². The Morgan fingerprint density at radius 1 is 1.14 bits per heavy atom. The van der Waals surface area contributed by atoms with Crippen molar-refractivity contribution in [2.45, 2.75) is 39.4 Å². The number of ketones is 1. The number of carbonyl (C=O) groups excluding carboxylic acids is 3. The van der Waals surface area contributed by atoms with Gasteiger partial charge in [-0.15, -0.1) is 0 Å². The molecular formula is C26H31BN2O8. The summed E-state index contributed by atoms with van der Waals surface area (Å²) in [4.78, 5) is 43.9. The highest BCUT2D eigenvalue weighted by Gasteiger charge is 2.38. The molecule has 2 aliphatic rings. The van der Waals surface area contributed by atoms with E-state index in [0.717, 1.165) is 18.9 Å². The standard InChI is InChI=1S/C26H31BN2O8/c1-26(2,3)25(32)36-16-35-24(31)20-6-4-5-17-13-19(27(33)37-23(17)20)14-21(30)18-7-8-22(28-15-18)29-9-11-34-12-10-29/h4-8,15,19,33H,9-14,16H2,1-3H3/t19-/m1/s1. The number of para-hydroxylation sites is 1. The third-order valence-electron chi connectivity index (χ3n) is 6.29. The van der Waals surface area contributed by atoms with Gasteiger partial charge in [-0.3, -0.25) is 9.59 Å². The molecule has 37 heavy (non-hydrogen) atoms. The summed E-state index contributed by atoms with van der Waals surface area (Å²) in [5, 5.41) is 10.6. The molecule has 196 valence electrons. The predicted molar refractivity (Wildman–Crippen MR) is 135 cm³/mol. The monoisotopic (exact) mass is 510 g/mol. The van der Waals surface area contributed by atoms with Gasteiger partial charge >= 0.3 is 19.1 Å². The number of aromatic nitrogens is 1. The van der Waals surface area contributed by atoms with Gasteiger partial charge in [-0.25, -0.2) is 9.78 Å². The van der Waals surface area contributed by atoms with Crippen molar-refractivity contribution >= 4 is 30.7 Å². The molecule has 2 aromatic rings. The second-order valence-electron chi connectivity index (χ2n) is 10.1. The fourth-order valence-electron chi connectivity index (χ4n) is 4.14. The molecule has 0 radical (unpaired) electrons. The number of morpholine rings is 1. The van der Waals surface area contributed by atoms with Crippen LogP contribution in [0.3, 0.4) is 0 Å². The van der Waals surface area contributed by atoms with E-state index >= 15 is 0 Å². The Hall–Kier alpha value is -3.44. The van der Waals surface area contributed by atoms with Crippen molar-refractivity contribution in [2.75, 3.05) is 38.0 Å². The fraction of sp³-hybridized carbons (Fsp3) is 0.462. The van der Waals surface area contributed by atoms with E-state index in [0.29, 0.717) is 30.8 Å². The molecule has 10 nitrogen and oxygen atoms in total. The molecule has 2 aliphatic heterocycles.